The Morgan fingerprint density at radius 2 is 1.66 bits per heavy atom. The van der Waals surface area contributed by atoms with Crippen molar-refractivity contribution in [2.75, 3.05) is 25.5 Å². The van der Waals surface area contributed by atoms with Crippen molar-refractivity contribution in [3.63, 3.8) is 0 Å². The molecule has 0 spiro atoms. The summed E-state index contributed by atoms with van der Waals surface area (Å²) in [6.45, 7) is 0.361. The number of methoxy groups -OCH3 is 1. The number of urea groups is 1. The van der Waals surface area contributed by atoms with Gasteiger partial charge in [0.15, 0.2) is 0 Å². The smallest absolute Gasteiger partial charge is 0.319 e. The Labute approximate surface area is 228 Å². The molecule has 3 amide bonds. The number of amides is 3. The van der Waals surface area contributed by atoms with Crippen LogP contribution in [-0.2, 0) is 10.5 Å². The van der Waals surface area contributed by atoms with Crippen LogP contribution in [0, 0.1) is 0 Å². The van der Waals surface area contributed by atoms with Gasteiger partial charge in [-0.15, -0.1) is 10.2 Å². The van der Waals surface area contributed by atoms with E-state index in [9.17, 15) is 9.59 Å². The van der Waals surface area contributed by atoms with Crippen molar-refractivity contribution in [2.24, 2.45) is 20.7 Å². The number of halogens is 2. The number of hydrogen-bond donors (Lipinski definition) is 3. The summed E-state index contributed by atoms with van der Waals surface area (Å²) >= 11 is 12.2. The molecule has 1 aliphatic heterocycles. The lowest BCUT2D eigenvalue weighted by Gasteiger charge is -2.22. The molecule has 0 unspecified atom stereocenters. The Balaban J connectivity index is 1.35. The predicted octanol–water partition coefficient (Wildman–Crippen LogP) is 6.11. The third kappa shape index (κ3) is 6.75. The zero-order valence-corrected chi connectivity index (χ0v) is 21.7. The zero-order chi connectivity index (χ0) is 27.0. The summed E-state index contributed by atoms with van der Waals surface area (Å²) in [5, 5.41) is 24.5. The van der Waals surface area contributed by atoms with Crippen LogP contribution in [-0.4, -0.2) is 32.1 Å². The quantitative estimate of drug-likeness (QED) is 0.260. The van der Waals surface area contributed by atoms with E-state index in [-0.39, 0.29) is 25.4 Å². The topological polar surface area (TPSA) is 138 Å². The molecule has 0 bridgehead atoms. The summed E-state index contributed by atoms with van der Waals surface area (Å²) in [5.74, 6) is 0.987. The Bertz CT molecular complexity index is 1370. The molecule has 38 heavy (non-hydrogen) atoms. The van der Waals surface area contributed by atoms with Gasteiger partial charge in [0.2, 0.25) is 11.6 Å². The number of carbonyl (C=O) groups excluding carboxylic acids is 2. The second-order valence-electron chi connectivity index (χ2n) is 8.01. The Hall–Kier alpha value is -4.22. The molecule has 0 saturated carbocycles. The van der Waals surface area contributed by atoms with Gasteiger partial charge in [-0.25, -0.2) is 4.79 Å². The predicted molar refractivity (Wildman–Crippen MR) is 142 cm³/mol. The average molecular weight is 556 g/mol. The van der Waals surface area contributed by atoms with Gasteiger partial charge in [-0.2, -0.15) is 0 Å². The van der Waals surface area contributed by atoms with Crippen LogP contribution < -0.4 is 25.4 Å². The van der Waals surface area contributed by atoms with Crippen molar-refractivity contribution in [3.05, 3.63) is 82.3 Å². The van der Waals surface area contributed by atoms with E-state index in [0.717, 1.165) is 0 Å². The molecule has 3 aromatic rings. The first-order valence-corrected chi connectivity index (χ1v) is 12.2. The lowest BCUT2D eigenvalue weighted by Crippen LogP contribution is -2.38. The Morgan fingerprint density at radius 1 is 0.895 bits per heavy atom. The SMILES string of the molecule is COc1cccc(NC(=O)NCCNC(=O)CC2(c3ccccc3Oc3ccc(Cl)cc3Cl)N=NN=N2)c1. The van der Waals surface area contributed by atoms with Gasteiger partial charge < -0.3 is 25.4 Å². The number of nitrogens with zero attached hydrogens (tertiary/aromatic N) is 4. The highest BCUT2D eigenvalue weighted by molar-refractivity contribution is 6.35. The van der Waals surface area contributed by atoms with E-state index in [4.69, 9.17) is 32.7 Å². The van der Waals surface area contributed by atoms with Crippen LogP contribution in [0.25, 0.3) is 0 Å². The highest BCUT2D eigenvalue weighted by atomic mass is 35.5. The molecular formula is C25H23Cl2N7O4. The van der Waals surface area contributed by atoms with E-state index >= 15 is 0 Å². The van der Waals surface area contributed by atoms with Gasteiger partial charge in [0, 0.05) is 35.4 Å². The van der Waals surface area contributed by atoms with Crippen LogP contribution in [0.5, 0.6) is 17.2 Å². The molecule has 196 valence electrons. The third-order valence-electron chi connectivity index (χ3n) is 5.36. The fraction of sp³-hybridized carbons (Fsp3) is 0.200. The van der Waals surface area contributed by atoms with Crippen LogP contribution in [0.4, 0.5) is 10.5 Å². The van der Waals surface area contributed by atoms with Crippen molar-refractivity contribution in [2.45, 2.75) is 12.1 Å². The minimum atomic E-state index is -1.42. The summed E-state index contributed by atoms with van der Waals surface area (Å²) < 4.78 is 11.2. The first-order chi connectivity index (χ1) is 18.4. The van der Waals surface area contributed by atoms with Crippen molar-refractivity contribution < 1.29 is 19.1 Å². The number of ether oxygens (including phenoxy) is 2. The third-order valence-corrected chi connectivity index (χ3v) is 5.89. The normalized spacial score (nSPS) is 13.1. The van der Waals surface area contributed by atoms with Crippen LogP contribution in [0.15, 0.2) is 87.4 Å². The van der Waals surface area contributed by atoms with Crippen LogP contribution in [0.1, 0.15) is 12.0 Å². The molecule has 11 nitrogen and oxygen atoms in total. The second kappa shape index (κ2) is 12.3. The van der Waals surface area contributed by atoms with E-state index in [1.54, 1.807) is 73.8 Å². The van der Waals surface area contributed by atoms with Gasteiger partial charge in [-0.1, -0.05) is 47.5 Å². The monoisotopic (exact) mass is 555 g/mol. The molecule has 3 aromatic carbocycles. The number of benzene rings is 3. The largest absolute Gasteiger partial charge is 0.497 e. The van der Waals surface area contributed by atoms with Gasteiger partial charge in [0.1, 0.15) is 17.2 Å². The Kier molecular flexibility index (Phi) is 8.72. The first kappa shape index (κ1) is 26.8. The molecule has 4 rings (SSSR count). The molecular weight excluding hydrogens is 533 g/mol. The molecule has 0 fully saturated rings. The molecule has 3 N–H and O–H groups in total. The van der Waals surface area contributed by atoms with Crippen molar-refractivity contribution in [1.82, 2.24) is 10.6 Å². The van der Waals surface area contributed by atoms with E-state index in [2.05, 4.69) is 36.6 Å². The molecule has 13 heteroatoms. The second-order valence-corrected chi connectivity index (χ2v) is 8.85. The van der Waals surface area contributed by atoms with Gasteiger partial charge in [0.05, 0.1) is 18.6 Å². The number of nitrogens with one attached hydrogen (secondary N) is 3. The van der Waals surface area contributed by atoms with Crippen LogP contribution in [0.3, 0.4) is 0 Å². The number of para-hydroxylation sites is 1. The molecule has 1 aliphatic rings. The van der Waals surface area contributed by atoms with E-state index < -0.39 is 11.7 Å². The molecule has 1 heterocycles. The van der Waals surface area contributed by atoms with E-state index in [1.165, 1.54) is 0 Å². The van der Waals surface area contributed by atoms with E-state index in [1.807, 2.05) is 0 Å². The lowest BCUT2D eigenvalue weighted by molar-refractivity contribution is -0.122. The first-order valence-electron chi connectivity index (χ1n) is 11.4. The van der Waals surface area contributed by atoms with E-state index in [0.29, 0.717) is 38.5 Å². The van der Waals surface area contributed by atoms with Crippen molar-refractivity contribution in [3.8, 4) is 17.2 Å². The molecule has 0 radical (unpaired) electrons. The zero-order valence-electron chi connectivity index (χ0n) is 20.1. The average Bonchev–Trinajstić information content (AvgIpc) is 3.38. The number of carbonyl (C=O) groups is 2. The van der Waals surface area contributed by atoms with Crippen molar-refractivity contribution >= 4 is 40.8 Å². The summed E-state index contributed by atoms with van der Waals surface area (Å²) in [4.78, 5) is 25.0. The molecule has 0 aliphatic carbocycles. The summed E-state index contributed by atoms with van der Waals surface area (Å²) in [6, 6.07) is 18.3. The minimum Gasteiger partial charge on any atom is -0.497 e. The van der Waals surface area contributed by atoms with Crippen LogP contribution in [0.2, 0.25) is 10.0 Å². The lowest BCUT2D eigenvalue weighted by atomic mass is 9.96. The fourth-order valence-electron chi connectivity index (χ4n) is 3.58. The molecule has 0 saturated heterocycles. The Morgan fingerprint density at radius 3 is 2.42 bits per heavy atom. The van der Waals surface area contributed by atoms with Gasteiger partial charge in [-0.05, 0) is 46.8 Å². The minimum absolute atomic E-state index is 0.174. The van der Waals surface area contributed by atoms with Crippen LogP contribution >= 0.6 is 23.2 Å². The maximum Gasteiger partial charge on any atom is 0.319 e. The number of rotatable bonds is 10. The van der Waals surface area contributed by atoms with Gasteiger partial charge in [-0.3, -0.25) is 4.79 Å². The maximum atomic E-state index is 12.8. The highest BCUT2D eigenvalue weighted by Gasteiger charge is 2.40. The van der Waals surface area contributed by atoms with Gasteiger partial charge in [0.25, 0.3) is 0 Å². The summed E-state index contributed by atoms with van der Waals surface area (Å²) in [5.41, 5.74) is -0.371. The fourth-order valence-corrected chi connectivity index (χ4v) is 4.03. The standard InChI is InChI=1S/C25H23Cl2N7O4/c1-37-18-6-4-5-17(14-18)30-24(36)29-12-11-28-23(35)15-25(31-33-34-32-25)19-7-2-3-8-21(19)38-22-10-9-16(26)13-20(22)27/h2-10,13-14H,11-12,15H2,1H3,(H,28,35)(H2,29,30,36). The number of anilines is 1. The summed E-state index contributed by atoms with van der Waals surface area (Å²) in [6.07, 6.45) is -0.190. The number of hydrogen-bond acceptors (Lipinski definition) is 8. The van der Waals surface area contributed by atoms with Gasteiger partial charge >= 0.3 is 6.03 Å². The van der Waals surface area contributed by atoms with Crippen molar-refractivity contribution in [1.29, 1.82) is 0 Å². The highest BCUT2D eigenvalue weighted by Crippen LogP contribution is 2.43. The summed E-state index contributed by atoms with van der Waals surface area (Å²) in [7, 11) is 1.54. The molecule has 0 aromatic heterocycles. The maximum absolute atomic E-state index is 12.8. The molecule has 0 atom stereocenters.